The molecular weight excluding hydrogens is 296 g/mol. The van der Waals surface area contributed by atoms with Crippen LogP contribution in [0.3, 0.4) is 0 Å². The quantitative estimate of drug-likeness (QED) is 0.885. The van der Waals surface area contributed by atoms with Crippen LogP contribution >= 0.6 is 11.3 Å². The predicted molar refractivity (Wildman–Crippen MR) is 87.6 cm³/mol. The third-order valence-electron chi connectivity index (χ3n) is 3.80. The van der Waals surface area contributed by atoms with Gasteiger partial charge in [0.1, 0.15) is 0 Å². The molecule has 0 aliphatic carbocycles. The van der Waals surface area contributed by atoms with Gasteiger partial charge in [-0.3, -0.25) is 9.59 Å². The second-order valence-corrected chi connectivity index (χ2v) is 6.41. The summed E-state index contributed by atoms with van der Waals surface area (Å²) in [5.41, 5.74) is 0.983. The first-order valence-corrected chi connectivity index (χ1v) is 8.24. The Hall–Kier alpha value is -1.98. The maximum atomic E-state index is 12.8. The van der Waals surface area contributed by atoms with Gasteiger partial charge in [-0.05, 0) is 24.4 Å². The zero-order chi connectivity index (χ0) is 15.5. The number of nitrogens with zero attached hydrogens (tertiary/aromatic N) is 1. The average molecular weight is 314 g/mol. The minimum Gasteiger partial charge on any atom is -0.336 e. The van der Waals surface area contributed by atoms with E-state index in [4.69, 9.17) is 0 Å². The zero-order valence-electron chi connectivity index (χ0n) is 12.4. The summed E-state index contributed by atoms with van der Waals surface area (Å²) in [6, 6.07) is 11.0. The fourth-order valence-corrected chi connectivity index (χ4v) is 3.37. The van der Waals surface area contributed by atoms with Crippen LogP contribution in [0.15, 0.2) is 41.8 Å². The number of nitrogens with one attached hydrogen (secondary N) is 1. The topological polar surface area (TPSA) is 49.4 Å². The number of carbonyl (C=O) groups excluding carboxylic acids is 2. The van der Waals surface area contributed by atoms with Crippen molar-refractivity contribution < 1.29 is 9.59 Å². The number of hydrogen-bond donors (Lipinski definition) is 1. The van der Waals surface area contributed by atoms with E-state index in [9.17, 15) is 9.59 Å². The maximum absolute atomic E-state index is 12.8. The van der Waals surface area contributed by atoms with Crippen LogP contribution in [0.2, 0.25) is 0 Å². The number of hydrogen-bond acceptors (Lipinski definition) is 4. The molecule has 1 amide bonds. The molecule has 1 atom stereocenters. The molecule has 114 valence electrons. The summed E-state index contributed by atoms with van der Waals surface area (Å²) in [6.45, 7) is 4.18. The minimum atomic E-state index is -0.0814. The Bertz CT molecular complexity index is 682. The van der Waals surface area contributed by atoms with Gasteiger partial charge in [-0.15, -0.1) is 11.3 Å². The molecule has 0 spiro atoms. The van der Waals surface area contributed by atoms with Crippen molar-refractivity contribution in [2.45, 2.75) is 13.0 Å². The molecule has 0 saturated carbocycles. The summed E-state index contributed by atoms with van der Waals surface area (Å²) in [7, 11) is 0. The molecule has 1 aliphatic rings. The van der Waals surface area contributed by atoms with E-state index < -0.39 is 0 Å². The summed E-state index contributed by atoms with van der Waals surface area (Å²) >= 11 is 1.40. The monoisotopic (exact) mass is 314 g/mol. The van der Waals surface area contributed by atoms with Crippen LogP contribution < -0.4 is 5.32 Å². The van der Waals surface area contributed by atoms with Crippen LogP contribution in [0.5, 0.6) is 0 Å². The summed E-state index contributed by atoms with van der Waals surface area (Å²) in [6.07, 6.45) is 0. The van der Waals surface area contributed by atoms with Gasteiger partial charge in [-0.25, -0.2) is 0 Å². The van der Waals surface area contributed by atoms with Crippen molar-refractivity contribution in [3.05, 3.63) is 57.8 Å². The molecular formula is C17H18N2O2S. The third kappa shape index (κ3) is 2.96. The molecule has 1 N–H and O–H groups in total. The summed E-state index contributed by atoms with van der Waals surface area (Å²) in [5, 5.41) is 5.19. The van der Waals surface area contributed by atoms with Crippen LogP contribution in [0.4, 0.5) is 0 Å². The number of piperazine rings is 1. The molecule has 1 unspecified atom stereocenters. The molecule has 5 heteroatoms. The standard InChI is InChI=1S/C17H18N2O2S/c1-12-11-19(9-8-18-12)17(21)14-6-3-2-5-13(14)16(20)15-7-4-10-22-15/h2-7,10,12,18H,8-9,11H2,1H3. The van der Waals surface area contributed by atoms with Crippen LogP contribution in [0.1, 0.15) is 32.5 Å². The first-order valence-electron chi connectivity index (χ1n) is 7.36. The Morgan fingerprint density at radius 3 is 2.64 bits per heavy atom. The van der Waals surface area contributed by atoms with E-state index in [0.29, 0.717) is 29.1 Å². The average Bonchev–Trinajstić information content (AvgIpc) is 3.08. The molecule has 0 radical (unpaired) electrons. The van der Waals surface area contributed by atoms with Gasteiger partial charge in [0, 0.05) is 31.2 Å². The van der Waals surface area contributed by atoms with Gasteiger partial charge in [0.15, 0.2) is 0 Å². The lowest BCUT2D eigenvalue weighted by atomic mass is 10.0. The Kier molecular flexibility index (Phi) is 4.36. The minimum absolute atomic E-state index is 0.0612. The highest BCUT2D eigenvalue weighted by Crippen LogP contribution is 2.20. The van der Waals surface area contributed by atoms with E-state index >= 15 is 0 Å². The molecule has 0 bridgehead atoms. The van der Waals surface area contributed by atoms with Crippen molar-refractivity contribution in [3.8, 4) is 0 Å². The number of amides is 1. The Morgan fingerprint density at radius 1 is 1.18 bits per heavy atom. The van der Waals surface area contributed by atoms with Crippen molar-refractivity contribution >= 4 is 23.0 Å². The predicted octanol–water partition coefficient (Wildman–Crippen LogP) is 2.41. The summed E-state index contributed by atoms with van der Waals surface area (Å²) < 4.78 is 0. The van der Waals surface area contributed by atoms with E-state index in [2.05, 4.69) is 12.2 Å². The maximum Gasteiger partial charge on any atom is 0.254 e. The molecule has 1 aliphatic heterocycles. The molecule has 2 heterocycles. The van der Waals surface area contributed by atoms with Crippen molar-refractivity contribution in [1.82, 2.24) is 10.2 Å². The normalized spacial score (nSPS) is 18.2. The molecule has 1 fully saturated rings. The van der Waals surface area contributed by atoms with Crippen LogP contribution in [-0.2, 0) is 0 Å². The number of carbonyl (C=O) groups is 2. The first-order chi connectivity index (χ1) is 10.7. The van der Waals surface area contributed by atoms with Crippen LogP contribution in [-0.4, -0.2) is 42.3 Å². The molecule has 4 nitrogen and oxygen atoms in total. The van der Waals surface area contributed by atoms with Gasteiger partial charge in [-0.1, -0.05) is 24.3 Å². The van der Waals surface area contributed by atoms with Crippen molar-refractivity contribution in [3.63, 3.8) is 0 Å². The van der Waals surface area contributed by atoms with E-state index in [1.165, 1.54) is 11.3 Å². The van der Waals surface area contributed by atoms with Crippen molar-refractivity contribution in [1.29, 1.82) is 0 Å². The highest BCUT2D eigenvalue weighted by atomic mass is 32.1. The second kappa shape index (κ2) is 6.42. The highest BCUT2D eigenvalue weighted by molar-refractivity contribution is 7.12. The Balaban J connectivity index is 1.91. The first kappa shape index (κ1) is 14.9. The van der Waals surface area contributed by atoms with Gasteiger partial charge in [-0.2, -0.15) is 0 Å². The van der Waals surface area contributed by atoms with Gasteiger partial charge < -0.3 is 10.2 Å². The van der Waals surface area contributed by atoms with Crippen LogP contribution in [0, 0.1) is 0 Å². The largest absolute Gasteiger partial charge is 0.336 e. The third-order valence-corrected chi connectivity index (χ3v) is 4.67. The summed E-state index contributed by atoms with van der Waals surface area (Å²) in [4.78, 5) is 27.9. The SMILES string of the molecule is CC1CN(C(=O)c2ccccc2C(=O)c2cccs2)CCN1. The van der Waals surface area contributed by atoms with Crippen molar-refractivity contribution in [2.24, 2.45) is 0 Å². The molecule has 22 heavy (non-hydrogen) atoms. The zero-order valence-corrected chi connectivity index (χ0v) is 13.2. The second-order valence-electron chi connectivity index (χ2n) is 5.46. The number of benzene rings is 1. The lowest BCUT2D eigenvalue weighted by Crippen LogP contribution is -2.51. The van der Waals surface area contributed by atoms with Gasteiger partial charge >= 0.3 is 0 Å². The van der Waals surface area contributed by atoms with E-state index in [0.717, 1.165) is 6.54 Å². The molecule has 1 saturated heterocycles. The molecule has 2 aromatic rings. The van der Waals surface area contributed by atoms with E-state index in [1.807, 2.05) is 22.4 Å². The Morgan fingerprint density at radius 2 is 1.95 bits per heavy atom. The van der Waals surface area contributed by atoms with Crippen LogP contribution in [0.25, 0.3) is 0 Å². The molecule has 1 aromatic carbocycles. The number of ketones is 1. The summed E-state index contributed by atoms with van der Waals surface area (Å²) in [5.74, 6) is -0.143. The van der Waals surface area contributed by atoms with E-state index in [-0.39, 0.29) is 17.7 Å². The number of thiophene rings is 1. The smallest absolute Gasteiger partial charge is 0.254 e. The van der Waals surface area contributed by atoms with E-state index in [1.54, 1.807) is 24.3 Å². The van der Waals surface area contributed by atoms with Gasteiger partial charge in [0.05, 0.1) is 10.4 Å². The Labute approximate surface area is 133 Å². The number of rotatable bonds is 3. The lowest BCUT2D eigenvalue weighted by Gasteiger charge is -2.32. The fraction of sp³-hybridized carbons (Fsp3) is 0.294. The highest BCUT2D eigenvalue weighted by Gasteiger charge is 2.25. The fourth-order valence-electron chi connectivity index (χ4n) is 2.70. The van der Waals surface area contributed by atoms with Gasteiger partial charge in [0.2, 0.25) is 5.78 Å². The molecule has 3 rings (SSSR count). The van der Waals surface area contributed by atoms with Gasteiger partial charge in [0.25, 0.3) is 5.91 Å². The van der Waals surface area contributed by atoms with Crippen molar-refractivity contribution in [2.75, 3.05) is 19.6 Å². The molecule has 1 aromatic heterocycles. The lowest BCUT2D eigenvalue weighted by molar-refractivity contribution is 0.0705.